The van der Waals surface area contributed by atoms with E-state index in [-0.39, 0.29) is 5.78 Å². The smallest absolute Gasteiger partial charge is 0.330 e. The number of rotatable bonds is 8. The summed E-state index contributed by atoms with van der Waals surface area (Å²) in [6.07, 6.45) is 0. The molecule has 6 nitrogen and oxygen atoms in total. The highest BCUT2D eigenvalue weighted by Gasteiger charge is 2.27. The summed E-state index contributed by atoms with van der Waals surface area (Å²) in [6, 6.07) is 1.19. The summed E-state index contributed by atoms with van der Waals surface area (Å²) in [6.45, 7) is 9.80. The van der Waals surface area contributed by atoms with E-state index >= 15 is 0 Å². The molecule has 1 aromatic rings. The lowest BCUT2D eigenvalue weighted by molar-refractivity contribution is -0.143. The van der Waals surface area contributed by atoms with Crippen LogP contribution >= 0.6 is 0 Å². The lowest BCUT2D eigenvalue weighted by Gasteiger charge is -2.31. The molecule has 6 heteroatoms. The van der Waals surface area contributed by atoms with Gasteiger partial charge in [0.2, 0.25) is 0 Å². The minimum absolute atomic E-state index is 0.0209. The van der Waals surface area contributed by atoms with Crippen LogP contribution in [0.3, 0.4) is 0 Å². The third-order valence-electron chi connectivity index (χ3n) is 4.01. The Hall–Kier alpha value is -1.92. The van der Waals surface area contributed by atoms with Gasteiger partial charge in [0.25, 0.3) is 0 Å². The largest absolute Gasteiger partial charge is 0.467 e. The van der Waals surface area contributed by atoms with Gasteiger partial charge in [0.15, 0.2) is 11.8 Å². The number of ether oxygens (including phenoxy) is 2. The molecular weight excluding hydrogens is 310 g/mol. The van der Waals surface area contributed by atoms with Crippen LogP contribution in [-0.4, -0.2) is 38.6 Å². The molecule has 24 heavy (non-hydrogen) atoms. The summed E-state index contributed by atoms with van der Waals surface area (Å²) in [5.41, 5.74) is 3.88. The first-order valence-corrected chi connectivity index (χ1v) is 7.92. The predicted molar refractivity (Wildman–Crippen MR) is 92.2 cm³/mol. The zero-order chi connectivity index (χ0) is 18.4. The third-order valence-corrected chi connectivity index (χ3v) is 4.01. The van der Waals surface area contributed by atoms with E-state index in [1.807, 2.05) is 26.8 Å². The molecule has 0 fully saturated rings. The van der Waals surface area contributed by atoms with Crippen molar-refractivity contribution in [2.45, 2.75) is 47.3 Å². The van der Waals surface area contributed by atoms with Crippen LogP contribution in [0.25, 0.3) is 0 Å². The average molecular weight is 337 g/mol. The van der Waals surface area contributed by atoms with Crippen LogP contribution < -0.4 is 5.06 Å². The summed E-state index contributed by atoms with van der Waals surface area (Å²) in [7, 11) is 2.84. The molecule has 0 aliphatic heterocycles. The molecule has 1 aromatic carbocycles. The first kappa shape index (κ1) is 20.1. The van der Waals surface area contributed by atoms with Gasteiger partial charge in [-0.3, -0.25) is 9.63 Å². The number of hydroxylamine groups is 1. The maximum atomic E-state index is 12.0. The van der Waals surface area contributed by atoms with Crippen LogP contribution in [-0.2, 0) is 25.7 Å². The van der Waals surface area contributed by atoms with Gasteiger partial charge in [-0.15, -0.1) is 0 Å². The first-order valence-electron chi connectivity index (χ1n) is 7.92. The van der Waals surface area contributed by atoms with Gasteiger partial charge in [-0.05, 0) is 57.4 Å². The molecule has 0 spiro atoms. The van der Waals surface area contributed by atoms with E-state index in [0.29, 0.717) is 18.8 Å². The van der Waals surface area contributed by atoms with Gasteiger partial charge in [0.05, 0.1) is 26.5 Å². The molecule has 0 aromatic heterocycles. The van der Waals surface area contributed by atoms with Gasteiger partial charge >= 0.3 is 5.97 Å². The average Bonchev–Trinajstić information content (AvgIpc) is 2.55. The lowest BCUT2D eigenvalue weighted by Crippen LogP contribution is -2.40. The minimum Gasteiger partial charge on any atom is -0.467 e. The van der Waals surface area contributed by atoms with Crippen LogP contribution in [0.2, 0.25) is 0 Å². The minimum atomic E-state index is -0.625. The Morgan fingerprint density at radius 2 is 1.88 bits per heavy atom. The predicted octanol–water partition coefficient (Wildman–Crippen LogP) is 2.97. The molecule has 0 amide bonds. The van der Waals surface area contributed by atoms with Gasteiger partial charge in [-0.2, -0.15) is 0 Å². The van der Waals surface area contributed by atoms with Crippen molar-refractivity contribution in [2.24, 2.45) is 0 Å². The Kier molecular flexibility index (Phi) is 7.38. The maximum Gasteiger partial charge on any atom is 0.330 e. The number of Topliss-reactive ketones (excluding diaryl/α,β-unsaturated/α-hetero) is 1. The Morgan fingerprint density at radius 1 is 1.25 bits per heavy atom. The van der Waals surface area contributed by atoms with Crippen LogP contribution in [0.4, 0.5) is 5.69 Å². The summed E-state index contributed by atoms with van der Waals surface area (Å²) in [5.74, 6) is -0.426. The second-order valence-electron chi connectivity index (χ2n) is 5.59. The first-order chi connectivity index (χ1) is 11.3. The second-order valence-corrected chi connectivity index (χ2v) is 5.59. The molecular formula is C18H27NO5. The maximum absolute atomic E-state index is 12.0. The van der Waals surface area contributed by atoms with Gasteiger partial charge in [-0.1, -0.05) is 0 Å². The zero-order valence-corrected chi connectivity index (χ0v) is 15.6. The van der Waals surface area contributed by atoms with Crippen molar-refractivity contribution in [3.8, 4) is 0 Å². The summed E-state index contributed by atoms with van der Waals surface area (Å²) in [4.78, 5) is 29.4. The number of esters is 1. The van der Waals surface area contributed by atoms with Crippen molar-refractivity contribution in [1.29, 1.82) is 0 Å². The topological polar surface area (TPSA) is 65.1 Å². The number of ketones is 1. The fraction of sp³-hybridized carbons (Fsp3) is 0.556. The highest BCUT2D eigenvalue weighted by Crippen LogP contribution is 2.32. The molecule has 0 saturated heterocycles. The third kappa shape index (κ3) is 4.13. The fourth-order valence-electron chi connectivity index (χ4n) is 2.77. The van der Waals surface area contributed by atoms with E-state index in [1.54, 1.807) is 6.92 Å². The molecule has 0 bridgehead atoms. The number of hydrogen-bond acceptors (Lipinski definition) is 6. The molecule has 0 aliphatic rings. The van der Waals surface area contributed by atoms with Crippen LogP contribution in [0.5, 0.6) is 0 Å². The van der Waals surface area contributed by atoms with Gasteiger partial charge < -0.3 is 9.47 Å². The monoisotopic (exact) mass is 337 g/mol. The lowest BCUT2D eigenvalue weighted by atomic mass is 9.94. The normalized spacial score (nSPS) is 12.0. The van der Waals surface area contributed by atoms with Crippen molar-refractivity contribution in [3.63, 3.8) is 0 Å². The van der Waals surface area contributed by atoms with Crippen molar-refractivity contribution in [1.82, 2.24) is 0 Å². The zero-order valence-electron chi connectivity index (χ0n) is 15.6. The Labute approximate surface area is 143 Å². The van der Waals surface area contributed by atoms with Crippen molar-refractivity contribution in [2.75, 3.05) is 25.9 Å². The Balaban J connectivity index is 3.51. The number of aryl methyl sites for hydroxylation is 1. The van der Waals surface area contributed by atoms with E-state index < -0.39 is 12.0 Å². The van der Waals surface area contributed by atoms with Crippen molar-refractivity contribution < 1.29 is 23.9 Å². The van der Waals surface area contributed by atoms with Crippen LogP contribution in [0.15, 0.2) is 6.07 Å². The number of anilines is 1. The molecule has 0 N–H and O–H groups in total. The SMILES string of the molecule is CCOCc1c(C(C)=O)cc(C)c(N(OC)C(C)C(=O)OC)c1C. The van der Waals surface area contributed by atoms with Gasteiger partial charge in [0, 0.05) is 12.2 Å². The molecule has 0 heterocycles. The number of carbonyl (C=O) groups excluding carboxylic acids is 2. The standard InChI is InChI=1S/C18H27NO5/c1-8-24-10-16-12(3)17(11(2)9-15(16)14(5)20)19(23-7)13(4)18(21)22-6/h9,13H,8,10H2,1-7H3. The number of nitrogens with zero attached hydrogens (tertiary/aromatic N) is 1. The number of hydrogen-bond donors (Lipinski definition) is 0. The van der Waals surface area contributed by atoms with E-state index in [4.69, 9.17) is 14.3 Å². The van der Waals surface area contributed by atoms with Crippen LogP contribution in [0, 0.1) is 13.8 Å². The summed E-state index contributed by atoms with van der Waals surface area (Å²) < 4.78 is 10.3. The molecule has 1 rings (SSSR count). The Morgan fingerprint density at radius 3 is 2.33 bits per heavy atom. The van der Waals surface area contributed by atoms with E-state index in [0.717, 1.165) is 22.4 Å². The molecule has 134 valence electrons. The van der Waals surface area contributed by atoms with Gasteiger partial charge in [0.1, 0.15) is 0 Å². The highest BCUT2D eigenvalue weighted by atomic mass is 16.7. The molecule has 0 saturated carbocycles. The van der Waals surface area contributed by atoms with Crippen LogP contribution in [0.1, 0.15) is 47.8 Å². The summed E-state index contributed by atoms with van der Waals surface area (Å²) >= 11 is 0. The number of carbonyl (C=O) groups is 2. The highest BCUT2D eigenvalue weighted by molar-refractivity contribution is 5.97. The number of benzene rings is 1. The Bertz CT molecular complexity index is 612. The van der Waals surface area contributed by atoms with E-state index in [9.17, 15) is 9.59 Å². The molecule has 0 aliphatic carbocycles. The molecule has 1 atom stereocenters. The molecule has 1 unspecified atom stereocenters. The van der Waals surface area contributed by atoms with E-state index in [1.165, 1.54) is 26.2 Å². The second kappa shape index (κ2) is 8.80. The quantitative estimate of drug-likeness (QED) is 0.413. The summed E-state index contributed by atoms with van der Waals surface area (Å²) in [5, 5.41) is 1.51. The fourth-order valence-corrected chi connectivity index (χ4v) is 2.77. The van der Waals surface area contributed by atoms with E-state index in [2.05, 4.69) is 0 Å². The van der Waals surface area contributed by atoms with Crippen molar-refractivity contribution >= 4 is 17.4 Å². The van der Waals surface area contributed by atoms with Gasteiger partial charge in [-0.25, -0.2) is 9.86 Å². The van der Waals surface area contributed by atoms with Crippen molar-refractivity contribution in [3.05, 3.63) is 28.3 Å². The molecule has 0 radical (unpaired) electrons. The number of methoxy groups -OCH3 is 1.